The minimum Gasteiger partial charge on any atom is -0.342 e. The molecule has 1 saturated heterocycles. The molecule has 9 heteroatoms. The van der Waals surface area contributed by atoms with Crippen molar-refractivity contribution >= 4 is 23.6 Å². The van der Waals surface area contributed by atoms with Crippen molar-refractivity contribution in [1.29, 1.82) is 0 Å². The lowest BCUT2D eigenvalue weighted by molar-refractivity contribution is -0.133. The molecule has 0 aliphatic carbocycles. The predicted octanol–water partition coefficient (Wildman–Crippen LogP) is -0.556. The lowest BCUT2D eigenvalue weighted by atomic mass is 9.96. The molecule has 0 bridgehead atoms. The van der Waals surface area contributed by atoms with Crippen molar-refractivity contribution in [2.45, 2.75) is 24.9 Å². The number of hydrogen-bond acceptors (Lipinski definition) is 6. The summed E-state index contributed by atoms with van der Waals surface area (Å²) in [5, 5.41) is 8.71. The Hall–Kier alpha value is -1.61. The normalized spacial score (nSPS) is 16.0. The number of rotatable bonds is 4. The average Bonchev–Trinajstić information content (AvgIpc) is 2.83. The third-order valence-electron chi connectivity index (χ3n) is 3.74. The molecular formula is C12H20N6O2S. The molecule has 3 N–H and O–H groups in total. The van der Waals surface area contributed by atoms with E-state index in [-0.39, 0.29) is 17.7 Å². The van der Waals surface area contributed by atoms with Gasteiger partial charge in [0.2, 0.25) is 11.8 Å². The van der Waals surface area contributed by atoms with Gasteiger partial charge in [0.1, 0.15) is 5.82 Å². The van der Waals surface area contributed by atoms with Gasteiger partial charge < -0.3 is 9.47 Å². The molecule has 116 valence electrons. The molecule has 0 atom stereocenters. The quantitative estimate of drug-likeness (QED) is 0.334. The molecule has 1 aromatic rings. The number of hydrogen-bond donors (Lipinski definition) is 2. The number of piperidine rings is 1. The Labute approximate surface area is 127 Å². The fraction of sp³-hybridized carbons (Fsp3) is 0.667. The van der Waals surface area contributed by atoms with Crippen LogP contribution in [0.4, 0.5) is 0 Å². The number of nitrogens with two attached hydrogens (primary N) is 1. The van der Waals surface area contributed by atoms with Crippen molar-refractivity contribution in [3.63, 3.8) is 0 Å². The van der Waals surface area contributed by atoms with Gasteiger partial charge in [-0.1, -0.05) is 11.8 Å². The first-order chi connectivity index (χ1) is 10.0. The summed E-state index contributed by atoms with van der Waals surface area (Å²) in [5.74, 6) is 6.10. The number of carbonyl (C=O) groups is 2. The highest BCUT2D eigenvalue weighted by molar-refractivity contribution is 7.99. The van der Waals surface area contributed by atoms with Gasteiger partial charge in [-0.15, -0.1) is 10.2 Å². The second-order valence-corrected chi connectivity index (χ2v) is 5.98. The van der Waals surface area contributed by atoms with Gasteiger partial charge in [0.15, 0.2) is 5.16 Å². The van der Waals surface area contributed by atoms with Gasteiger partial charge in [0.25, 0.3) is 0 Å². The summed E-state index contributed by atoms with van der Waals surface area (Å²) < 4.78 is 1.86. The Morgan fingerprint density at radius 1 is 1.38 bits per heavy atom. The molecule has 1 aliphatic heterocycles. The van der Waals surface area contributed by atoms with Crippen molar-refractivity contribution in [2.75, 3.05) is 18.8 Å². The second-order valence-electron chi connectivity index (χ2n) is 5.04. The van der Waals surface area contributed by atoms with Gasteiger partial charge in [-0.2, -0.15) is 0 Å². The number of nitrogens with zero attached hydrogens (tertiary/aromatic N) is 4. The first-order valence-corrected chi connectivity index (χ1v) is 7.78. The zero-order valence-corrected chi connectivity index (χ0v) is 13.0. The van der Waals surface area contributed by atoms with Crippen LogP contribution in [0, 0.1) is 12.8 Å². The van der Waals surface area contributed by atoms with Crippen LogP contribution in [0.1, 0.15) is 18.7 Å². The second kappa shape index (κ2) is 6.90. The summed E-state index contributed by atoms with van der Waals surface area (Å²) in [4.78, 5) is 25.4. The van der Waals surface area contributed by atoms with Crippen molar-refractivity contribution in [2.24, 2.45) is 18.8 Å². The average molecular weight is 312 g/mol. The van der Waals surface area contributed by atoms with Crippen molar-refractivity contribution in [1.82, 2.24) is 25.1 Å². The molecule has 21 heavy (non-hydrogen) atoms. The van der Waals surface area contributed by atoms with E-state index in [0.717, 1.165) is 11.0 Å². The number of hydrazine groups is 1. The number of thioether (sulfide) groups is 1. The third-order valence-corrected chi connectivity index (χ3v) is 4.74. The van der Waals surface area contributed by atoms with Crippen LogP contribution < -0.4 is 11.3 Å². The highest BCUT2D eigenvalue weighted by atomic mass is 32.2. The van der Waals surface area contributed by atoms with Crippen LogP contribution in [-0.2, 0) is 16.6 Å². The molecule has 1 aromatic heterocycles. The van der Waals surface area contributed by atoms with Gasteiger partial charge in [0, 0.05) is 26.1 Å². The topological polar surface area (TPSA) is 106 Å². The lowest BCUT2D eigenvalue weighted by Gasteiger charge is -2.30. The summed E-state index contributed by atoms with van der Waals surface area (Å²) >= 11 is 1.38. The molecule has 2 heterocycles. The number of amides is 2. The Morgan fingerprint density at radius 3 is 2.57 bits per heavy atom. The molecule has 8 nitrogen and oxygen atoms in total. The van der Waals surface area contributed by atoms with Crippen LogP contribution in [0.2, 0.25) is 0 Å². The molecule has 2 rings (SSSR count). The van der Waals surface area contributed by atoms with E-state index in [0.29, 0.717) is 31.7 Å². The summed E-state index contributed by atoms with van der Waals surface area (Å²) in [6, 6.07) is 0. The molecule has 1 aliphatic rings. The summed E-state index contributed by atoms with van der Waals surface area (Å²) in [5.41, 5.74) is 2.17. The Bertz CT molecular complexity index is 524. The molecule has 0 aromatic carbocycles. The summed E-state index contributed by atoms with van der Waals surface area (Å²) in [6.45, 7) is 3.05. The first kappa shape index (κ1) is 15.8. The van der Waals surface area contributed by atoms with Crippen LogP contribution in [0.25, 0.3) is 0 Å². The molecule has 0 spiro atoms. The largest absolute Gasteiger partial charge is 0.342 e. The zero-order chi connectivity index (χ0) is 15.4. The number of nitrogens with one attached hydrogen (secondary N) is 1. The molecule has 0 radical (unpaired) electrons. The number of aryl methyl sites for hydroxylation is 1. The van der Waals surface area contributed by atoms with Gasteiger partial charge in [-0.25, -0.2) is 5.84 Å². The maximum absolute atomic E-state index is 12.2. The Kier molecular flexibility index (Phi) is 5.18. The fourth-order valence-corrected chi connectivity index (χ4v) is 3.10. The van der Waals surface area contributed by atoms with Crippen molar-refractivity contribution < 1.29 is 9.59 Å². The minimum atomic E-state index is -0.147. The standard InChI is InChI=1S/C12H20N6O2S/c1-8-15-16-12(17(8)2)21-7-10(19)18-5-3-9(4-6-18)11(20)14-13/h9H,3-7,13H2,1-2H3,(H,14,20). The third kappa shape index (κ3) is 3.73. The smallest absolute Gasteiger partial charge is 0.237 e. The Balaban J connectivity index is 1.80. The van der Waals surface area contributed by atoms with Crippen LogP contribution in [-0.4, -0.2) is 50.3 Å². The van der Waals surface area contributed by atoms with Crippen molar-refractivity contribution in [3.8, 4) is 0 Å². The highest BCUT2D eigenvalue weighted by Crippen LogP contribution is 2.20. The van der Waals surface area contributed by atoms with E-state index in [9.17, 15) is 9.59 Å². The van der Waals surface area contributed by atoms with E-state index >= 15 is 0 Å². The van der Waals surface area contributed by atoms with E-state index in [1.54, 1.807) is 4.90 Å². The van der Waals surface area contributed by atoms with Crippen LogP contribution in [0.15, 0.2) is 5.16 Å². The van der Waals surface area contributed by atoms with Crippen molar-refractivity contribution in [3.05, 3.63) is 5.82 Å². The van der Waals surface area contributed by atoms with Crippen LogP contribution in [0.3, 0.4) is 0 Å². The van der Waals surface area contributed by atoms with Crippen LogP contribution in [0.5, 0.6) is 0 Å². The van der Waals surface area contributed by atoms with Gasteiger partial charge in [-0.3, -0.25) is 15.0 Å². The van der Waals surface area contributed by atoms with E-state index in [1.807, 2.05) is 18.5 Å². The number of likely N-dealkylation sites (tertiary alicyclic amines) is 1. The maximum atomic E-state index is 12.2. The van der Waals surface area contributed by atoms with Gasteiger partial charge in [-0.05, 0) is 19.8 Å². The highest BCUT2D eigenvalue weighted by Gasteiger charge is 2.27. The number of carbonyl (C=O) groups excluding carboxylic acids is 2. The Morgan fingerprint density at radius 2 is 2.05 bits per heavy atom. The maximum Gasteiger partial charge on any atom is 0.237 e. The van der Waals surface area contributed by atoms with E-state index < -0.39 is 0 Å². The predicted molar refractivity (Wildman–Crippen MR) is 78.1 cm³/mol. The molecule has 2 amide bonds. The van der Waals surface area contributed by atoms with E-state index in [1.165, 1.54) is 11.8 Å². The number of aromatic nitrogens is 3. The zero-order valence-electron chi connectivity index (χ0n) is 12.2. The van der Waals surface area contributed by atoms with Gasteiger partial charge >= 0.3 is 0 Å². The van der Waals surface area contributed by atoms with Gasteiger partial charge in [0.05, 0.1) is 5.75 Å². The minimum absolute atomic E-state index is 0.0623. The molecule has 0 saturated carbocycles. The molecular weight excluding hydrogens is 292 g/mol. The first-order valence-electron chi connectivity index (χ1n) is 6.80. The van der Waals surface area contributed by atoms with E-state index in [2.05, 4.69) is 15.6 Å². The SMILES string of the molecule is Cc1nnc(SCC(=O)N2CCC(C(=O)NN)CC2)n1C. The molecule has 0 unspecified atom stereocenters. The summed E-state index contributed by atoms with van der Waals surface area (Å²) in [7, 11) is 1.87. The molecule has 1 fully saturated rings. The van der Waals surface area contributed by atoms with Crippen LogP contribution >= 0.6 is 11.8 Å². The van der Waals surface area contributed by atoms with E-state index in [4.69, 9.17) is 5.84 Å². The monoisotopic (exact) mass is 312 g/mol. The fourth-order valence-electron chi connectivity index (χ4n) is 2.24. The summed E-state index contributed by atoms with van der Waals surface area (Å²) in [6.07, 6.45) is 1.31. The lowest BCUT2D eigenvalue weighted by Crippen LogP contribution is -2.45.